The minimum atomic E-state index is -0.848. The summed E-state index contributed by atoms with van der Waals surface area (Å²) in [5.74, 6) is -0.708. The second-order valence-electron chi connectivity index (χ2n) is 5.76. The Hall–Kier alpha value is -2.89. The number of anilines is 1. The van der Waals surface area contributed by atoms with Gasteiger partial charge in [0, 0.05) is 17.7 Å². The lowest BCUT2D eigenvalue weighted by molar-refractivity contribution is 0.102. The molecule has 2 heterocycles. The highest BCUT2D eigenvalue weighted by Crippen LogP contribution is 2.25. The van der Waals surface area contributed by atoms with Gasteiger partial charge in [-0.05, 0) is 24.3 Å². The van der Waals surface area contributed by atoms with E-state index in [1.807, 2.05) is 0 Å². The van der Waals surface area contributed by atoms with Gasteiger partial charge in [-0.25, -0.2) is 4.79 Å². The Balaban J connectivity index is 1.75. The van der Waals surface area contributed by atoms with Crippen LogP contribution in [0.15, 0.2) is 43.5 Å². The molecule has 0 radical (unpaired) electrons. The van der Waals surface area contributed by atoms with Crippen molar-refractivity contribution in [2.75, 3.05) is 25.2 Å². The fraction of sp³-hybridized carbons (Fsp3) is 0.235. The number of rotatable bonds is 8. The molecule has 0 atom stereocenters. The first kappa shape index (κ1) is 20.8. The quantitative estimate of drug-likeness (QED) is 0.394. The van der Waals surface area contributed by atoms with Gasteiger partial charge in [-0.15, -0.1) is 10.2 Å². The summed E-state index contributed by atoms with van der Waals surface area (Å²) >= 11 is 6.80. The second kappa shape index (κ2) is 9.07. The van der Waals surface area contributed by atoms with Crippen LogP contribution in [0.1, 0.15) is 10.4 Å². The third-order valence-electron chi connectivity index (χ3n) is 3.86. The highest BCUT2D eigenvalue weighted by atomic mass is 35.5. The van der Waals surface area contributed by atoms with Crippen LogP contribution in [0.3, 0.4) is 0 Å². The number of H-pyrrole nitrogens is 1. The van der Waals surface area contributed by atoms with Crippen molar-refractivity contribution in [2.24, 2.45) is 0 Å². The predicted octanol–water partition coefficient (Wildman–Crippen LogP) is 1.44. The van der Waals surface area contributed by atoms with Gasteiger partial charge in [0.25, 0.3) is 10.8 Å². The summed E-state index contributed by atoms with van der Waals surface area (Å²) in [6, 6.07) is 6.81. The molecule has 0 spiro atoms. The van der Waals surface area contributed by atoms with E-state index >= 15 is 0 Å². The number of Topliss-reactive ketones (excluding diaryl/α,β-unsaturated/α-hetero) is 1. The van der Waals surface area contributed by atoms with Gasteiger partial charge >= 0.3 is 5.69 Å². The Bertz CT molecular complexity index is 1140. The Morgan fingerprint density at radius 1 is 1.31 bits per heavy atom. The molecule has 0 saturated heterocycles. The van der Waals surface area contributed by atoms with Crippen LogP contribution in [-0.4, -0.2) is 45.0 Å². The number of nitrogens with zero attached hydrogens (tertiary/aromatic N) is 3. The number of hydrogen-bond acceptors (Lipinski definition) is 9. The first-order chi connectivity index (χ1) is 13.9. The molecule has 0 amide bonds. The first-order valence-corrected chi connectivity index (χ1v) is 9.64. The molecule has 1 aromatic carbocycles. The molecular formula is C17H16ClN5O5S. The highest BCUT2D eigenvalue weighted by molar-refractivity contribution is 7.99. The number of carbonyl (C=O) groups excluding carboxylic acids is 1. The van der Waals surface area contributed by atoms with Gasteiger partial charge in [0.15, 0.2) is 5.78 Å². The summed E-state index contributed by atoms with van der Waals surface area (Å²) in [5, 5.41) is 8.50. The molecular weight excluding hydrogens is 422 g/mol. The van der Waals surface area contributed by atoms with E-state index in [-0.39, 0.29) is 41.4 Å². The third kappa shape index (κ3) is 4.75. The van der Waals surface area contributed by atoms with Crippen molar-refractivity contribution in [3.8, 4) is 11.5 Å². The van der Waals surface area contributed by atoms with E-state index in [0.29, 0.717) is 10.6 Å². The summed E-state index contributed by atoms with van der Waals surface area (Å²) < 4.78 is 11.5. The number of nitrogen functional groups attached to an aromatic ring is 1. The summed E-state index contributed by atoms with van der Waals surface area (Å²) in [6.07, 6.45) is 0. The van der Waals surface area contributed by atoms with Crippen LogP contribution in [0.2, 0.25) is 5.02 Å². The van der Waals surface area contributed by atoms with Crippen LogP contribution in [-0.2, 0) is 11.3 Å². The second-order valence-corrected chi connectivity index (χ2v) is 7.12. The normalized spacial score (nSPS) is 11.0. The van der Waals surface area contributed by atoms with Gasteiger partial charge in [0.2, 0.25) is 5.89 Å². The average molecular weight is 438 g/mol. The Morgan fingerprint density at radius 3 is 2.72 bits per heavy atom. The topological polar surface area (TPSA) is 146 Å². The number of methoxy groups -OCH3 is 1. The molecule has 3 N–H and O–H groups in total. The summed E-state index contributed by atoms with van der Waals surface area (Å²) in [4.78, 5) is 38.6. The number of carbonyl (C=O) groups is 1. The maximum atomic E-state index is 12.5. The molecule has 0 aliphatic rings. The maximum Gasteiger partial charge on any atom is 0.330 e. The lowest BCUT2D eigenvalue weighted by atomic mass is 10.2. The minimum Gasteiger partial charge on any atom is -0.411 e. The third-order valence-corrected chi connectivity index (χ3v) is 4.93. The van der Waals surface area contributed by atoms with Crippen LogP contribution >= 0.6 is 23.4 Å². The maximum absolute atomic E-state index is 12.5. The molecule has 0 bridgehead atoms. The molecule has 29 heavy (non-hydrogen) atoms. The molecule has 2 aromatic heterocycles. The van der Waals surface area contributed by atoms with Gasteiger partial charge in [-0.3, -0.25) is 19.1 Å². The van der Waals surface area contributed by atoms with Crippen LogP contribution < -0.4 is 17.0 Å². The van der Waals surface area contributed by atoms with E-state index in [0.717, 1.165) is 16.3 Å². The number of benzene rings is 1. The summed E-state index contributed by atoms with van der Waals surface area (Å²) in [7, 11) is 1.46. The Morgan fingerprint density at radius 2 is 2.03 bits per heavy atom. The van der Waals surface area contributed by atoms with Gasteiger partial charge < -0.3 is 14.9 Å². The van der Waals surface area contributed by atoms with Crippen LogP contribution in [0.5, 0.6) is 0 Å². The fourth-order valence-electron chi connectivity index (χ4n) is 2.44. The van der Waals surface area contributed by atoms with Crippen molar-refractivity contribution in [3.63, 3.8) is 0 Å². The smallest absolute Gasteiger partial charge is 0.330 e. The van der Waals surface area contributed by atoms with E-state index in [2.05, 4.69) is 15.2 Å². The van der Waals surface area contributed by atoms with Gasteiger partial charge in [-0.1, -0.05) is 23.4 Å². The van der Waals surface area contributed by atoms with E-state index in [4.69, 9.17) is 26.5 Å². The van der Waals surface area contributed by atoms with Crippen molar-refractivity contribution in [2.45, 2.75) is 11.8 Å². The van der Waals surface area contributed by atoms with Crippen molar-refractivity contribution >= 4 is 35.0 Å². The number of ether oxygens (including phenoxy) is 1. The number of aromatic amines is 1. The highest BCUT2D eigenvalue weighted by Gasteiger charge is 2.20. The zero-order valence-electron chi connectivity index (χ0n) is 15.2. The van der Waals surface area contributed by atoms with E-state index in [1.54, 1.807) is 24.3 Å². The number of ketones is 1. The number of halogens is 1. The van der Waals surface area contributed by atoms with E-state index in [1.165, 1.54) is 7.11 Å². The van der Waals surface area contributed by atoms with Crippen LogP contribution in [0.4, 0.5) is 5.82 Å². The number of nitrogens with one attached hydrogen (secondary N) is 1. The number of thioether (sulfide) groups is 1. The van der Waals surface area contributed by atoms with Crippen molar-refractivity contribution in [1.29, 1.82) is 0 Å². The number of nitrogens with two attached hydrogens (primary N) is 1. The summed E-state index contributed by atoms with van der Waals surface area (Å²) in [6.45, 7) is 0.285. The molecule has 152 valence electrons. The lowest BCUT2D eigenvalue weighted by Gasteiger charge is -2.11. The van der Waals surface area contributed by atoms with Crippen molar-refractivity contribution < 1.29 is 13.9 Å². The van der Waals surface area contributed by atoms with Crippen LogP contribution in [0.25, 0.3) is 11.5 Å². The standard InChI is InChI=1S/C17H16ClN5O5S/c1-27-7-6-23-13(19)12(14(25)20-16(23)26)11(24)8-29-17-22-21-15(28-17)9-2-4-10(18)5-3-9/h2-5H,6-8,19H2,1H3,(H,20,25,26). The van der Waals surface area contributed by atoms with Gasteiger partial charge in [0.1, 0.15) is 11.4 Å². The average Bonchev–Trinajstić information content (AvgIpc) is 3.15. The van der Waals surface area contributed by atoms with Crippen LogP contribution in [0, 0.1) is 0 Å². The van der Waals surface area contributed by atoms with Gasteiger partial charge in [-0.2, -0.15) is 0 Å². The molecule has 0 unspecified atom stereocenters. The molecule has 0 aliphatic heterocycles. The zero-order valence-corrected chi connectivity index (χ0v) is 16.7. The SMILES string of the molecule is COCCn1c(N)c(C(=O)CSc2nnc(-c3ccc(Cl)cc3)o2)c(=O)[nH]c1=O. The predicted molar refractivity (Wildman–Crippen MR) is 107 cm³/mol. The number of aromatic nitrogens is 4. The largest absolute Gasteiger partial charge is 0.411 e. The molecule has 3 rings (SSSR count). The molecule has 0 saturated carbocycles. The molecule has 3 aromatic rings. The summed E-state index contributed by atoms with van der Waals surface area (Å²) in [5.41, 5.74) is 4.70. The van der Waals surface area contributed by atoms with Crippen molar-refractivity contribution in [1.82, 2.24) is 19.7 Å². The Labute approximate surface area is 173 Å². The lowest BCUT2D eigenvalue weighted by Crippen LogP contribution is -2.37. The van der Waals surface area contributed by atoms with Gasteiger partial charge in [0.05, 0.1) is 18.9 Å². The van der Waals surface area contributed by atoms with Crippen molar-refractivity contribution in [3.05, 3.63) is 55.7 Å². The monoisotopic (exact) mass is 437 g/mol. The Kier molecular flexibility index (Phi) is 6.52. The number of hydrogen-bond donors (Lipinski definition) is 2. The molecule has 12 heteroatoms. The molecule has 10 nitrogen and oxygen atoms in total. The zero-order chi connectivity index (χ0) is 21.0. The molecule has 0 aliphatic carbocycles. The minimum absolute atomic E-state index is 0.0967. The van der Waals surface area contributed by atoms with E-state index in [9.17, 15) is 14.4 Å². The van der Waals surface area contributed by atoms with E-state index < -0.39 is 17.0 Å². The molecule has 0 fully saturated rings. The first-order valence-electron chi connectivity index (χ1n) is 8.27. The fourth-order valence-corrected chi connectivity index (χ4v) is 3.20.